The molecular weight excluding hydrogens is 561 g/mol. The van der Waals surface area contributed by atoms with Gasteiger partial charge in [0.2, 0.25) is 0 Å². The van der Waals surface area contributed by atoms with Crippen LogP contribution >= 0.6 is 0 Å². The summed E-state index contributed by atoms with van der Waals surface area (Å²) < 4.78 is 51.3. The number of ether oxygens (including phenoxy) is 1. The van der Waals surface area contributed by atoms with Crippen molar-refractivity contribution in [3.8, 4) is 17.0 Å². The highest BCUT2D eigenvalue weighted by molar-refractivity contribution is 6.00. The number of nitrogens with zero attached hydrogens (tertiary/aromatic N) is 3. The maximum absolute atomic E-state index is 16.0. The van der Waals surface area contributed by atoms with E-state index in [0.29, 0.717) is 22.3 Å². The Morgan fingerprint density at radius 3 is 2.40 bits per heavy atom. The number of carbonyl (C=O) groups excluding carboxylic acids is 1. The van der Waals surface area contributed by atoms with Gasteiger partial charge >= 0.3 is 0 Å². The zero-order chi connectivity index (χ0) is 30.7. The summed E-state index contributed by atoms with van der Waals surface area (Å²) in [5.74, 6) is -1.65. The number of nitrogens with one attached hydrogen (secondary N) is 1. The van der Waals surface area contributed by atoms with Crippen molar-refractivity contribution in [2.75, 3.05) is 6.54 Å². The van der Waals surface area contributed by atoms with E-state index in [-0.39, 0.29) is 47.0 Å². The lowest BCUT2D eigenvalue weighted by Gasteiger charge is -2.33. The topological polar surface area (TPSA) is 117 Å². The molecule has 6 rings (SSSR count). The summed E-state index contributed by atoms with van der Waals surface area (Å²) in [5.41, 5.74) is -5.56. The minimum atomic E-state index is -2.38. The Hall–Kier alpha value is -4.09. The zero-order valence-corrected chi connectivity index (χ0v) is 23.9. The van der Waals surface area contributed by atoms with Crippen molar-refractivity contribution in [1.29, 1.82) is 0 Å². The number of aryl methyl sites for hydroxylation is 1. The van der Waals surface area contributed by atoms with Gasteiger partial charge in [-0.2, -0.15) is 5.10 Å². The fourth-order valence-electron chi connectivity index (χ4n) is 5.11. The Kier molecular flexibility index (Phi) is 6.93. The van der Waals surface area contributed by atoms with E-state index in [0.717, 1.165) is 31.0 Å². The molecule has 0 bridgehead atoms. The lowest BCUT2D eigenvalue weighted by molar-refractivity contribution is -0.0569. The molecule has 1 atom stereocenters. The number of amides is 1. The number of fused-ring (bicyclic) bond motifs is 1. The van der Waals surface area contributed by atoms with Gasteiger partial charge in [0, 0.05) is 22.1 Å². The molecule has 2 saturated carbocycles. The standard InChI is InChI=1S/C32H31F3N4O4/c1-17-12-19-13-20(14-24(27(19)39-38-17)43-22-8-9-22)29(40)36-16-32(42,31(35)10-11-31)25-15-23(30(2,3)41)26(34)28(37-25)18-4-6-21(33)7-5-18/h4-7,12-15,22,41-42H,8-11,16H2,1-3H3,(H,36,40)/t32-/m0/s1. The Balaban J connectivity index is 1.38. The highest BCUT2D eigenvalue weighted by Gasteiger charge is 2.62. The third-order valence-corrected chi connectivity index (χ3v) is 7.95. The van der Waals surface area contributed by atoms with Gasteiger partial charge in [-0.1, -0.05) is 0 Å². The quantitative estimate of drug-likeness (QED) is 0.246. The van der Waals surface area contributed by atoms with Crippen molar-refractivity contribution in [1.82, 2.24) is 20.5 Å². The van der Waals surface area contributed by atoms with Gasteiger partial charge in [0.15, 0.2) is 11.4 Å². The second-order valence-corrected chi connectivity index (χ2v) is 12.0. The molecule has 2 aromatic carbocycles. The van der Waals surface area contributed by atoms with Crippen LogP contribution in [0.25, 0.3) is 22.2 Å². The van der Waals surface area contributed by atoms with Gasteiger partial charge in [-0.05, 0) is 95.0 Å². The molecule has 0 radical (unpaired) electrons. The van der Waals surface area contributed by atoms with Gasteiger partial charge in [-0.25, -0.2) is 18.2 Å². The number of halogens is 3. The van der Waals surface area contributed by atoms with Crippen LogP contribution in [0.2, 0.25) is 0 Å². The lowest BCUT2D eigenvalue weighted by atomic mass is 9.86. The number of rotatable bonds is 9. The Morgan fingerprint density at radius 1 is 1.07 bits per heavy atom. The minimum absolute atomic E-state index is 0.0184. The summed E-state index contributed by atoms with van der Waals surface area (Å²) in [7, 11) is 0. The number of benzene rings is 2. The molecule has 0 aliphatic heterocycles. The van der Waals surface area contributed by atoms with Gasteiger partial charge in [0.25, 0.3) is 5.91 Å². The van der Waals surface area contributed by atoms with Gasteiger partial charge in [-0.15, -0.1) is 5.10 Å². The van der Waals surface area contributed by atoms with E-state index < -0.39 is 41.0 Å². The second-order valence-electron chi connectivity index (χ2n) is 12.0. The molecule has 0 spiro atoms. The predicted octanol–water partition coefficient (Wildman–Crippen LogP) is 5.17. The van der Waals surface area contributed by atoms with Crippen LogP contribution in [-0.2, 0) is 11.2 Å². The molecule has 0 saturated heterocycles. The molecule has 2 heterocycles. The fraction of sp³-hybridized carbons (Fsp3) is 0.375. The monoisotopic (exact) mass is 592 g/mol. The SMILES string of the molecule is Cc1cc2cc(C(=O)NC[C@](O)(c3cc(C(C)(C)O)c(F)c(-c4ccc(F)cc4)n3)C3(F)CC3)cc(OC3CC3)c2nn1. The number of hydrogen-bond donors (Lipinski definition) is 3. The Labute approximate surface area is 245 Å². The van der Waals surface area contributed by atoms with E-state index in [1.807, 2.05) is 0 Å². The highest BCUT2D eigenvalue weighted by atomic mass is 19.1. The molecule has 224 valence electrons. The summed E-state index contributed by atoms with van der Waals surface area (Å²) in [4.78, 5) is 17.8. The third kappa shape index (κ3) is 5.54. The van der Waals surface area contributed by atoms with E-state index in [9.17, 15) is 19.4 Å². The number of aliphatic hydroxyl groups is 2. The summed E-state index contributed by atoms with van der Waals surface area (Å²) in [5, 5.41) is 34.3. The Bertz CT molecular complexity index is 1730. The van der Waals surface area contributed by atoms with Crippen LogP contribution in [0, 0.1) is 18.6 Å². The number of pyridine rings is 1. The third-order valence-electron chi connectivity index (χ3n) is 7.95. The molecule has 2 aliphatic carbocycles. The van der Waals surface area contributed by atoms with Crippen LogP contribution in [-0.4, -0.2) is 49.6 Å². The first-order valence-corrected chi connectivity index (χ1v) is 14.1. The van der Waals surface area contributed by atoms with Crippen molar-refractivity contribution in [3.63, 3.8) is 0 Å². The van der Waals surface area contributed by atoms with Gasteiger partial charge in [-0.3, -0.25) is 4.79 Å². The smallest absolute Gasteiger partial charge is 0.251 e. The number of carbonyl (C=O) groups is 1. The van der Waals surface area contributed by atoms with Gasteiger partial charge < -0.3 is 20.3 Å². The first-order chi connectivity index (χ1) is 20.3. The van der Waals surface area contributed by atoms with Crippen LogP contribution in [0.5, 0.6) is 5.75 Å². The van der Waals surface area contributed by atoms with Crippen molar-refractivity contribution >= 4 is 16.8 Å². The minimum Gasteiger partial charge on any atom is -0.488 e. The Morgan fingerprint density at radius 2 is 1.77 bits per heavy atom. The number of aromatic nitrogens is 3. The molecular formula is C32H31F3N4O4. The average molecular weight is 593 g/mol. The summed E-state index contributed by atoms with van der Waals surface area (Å²) in [6.45, 7) is 3.87. The molecule has 3 N–H and O–H groups in total. The van der Waals surface area contributed by atoms with E-state index >= 15 is 8.78 Å². The van der Waals surface area contributed by atoms with E-state index in [1.54, 1.807) is 19.1 Å². The lowest BCUT2D eigenvalue weighted by Crippen LogP contribution is -2.49. The molecule has 2 aromatic heterocycles. The predicted molar refractivity (Wildman–Crippen MR) is 152 cm³/mol. The van der Waals surface area contributed by atoms with Gasteiger partial charge in [0.1, 0.15) is 28.4 Å². The largest absolute Gasteiger partial charge is 0.488 e. The fourth-order valence-corrected chi connectivity index (χ4v) is 5.11. The molecule has 1 amide bonds. The first-order valence-electron chi connectivity index (χ1n) is 14.1. The maximum Gasteiger partial charge on any atom is 0.251 e. The van der Waals surface area contributed by atoms with Crippen LogP contribution in [0.4, 0.5) is 13.2 Å². The summed E-state index contributed by atoms with van der Waals surface area (Å²) in [6, 6.07) is 10.9. The molecule has 43 heavy (non-hydrogen) atoms. The van der Waals surface area contributed by atoms with E-state index in [2.05, 4.69) is 20.5 Å². The molecule has 2 fully saturated rings. The van der Waals surface area contributed by atoms with Crippen molar-refractivity contribution in [2.24, 2.45) is 0 Å². The normalized spacial score (nSPS) is 17.4. The number of hydrogen-bond acceptors (Lipinski definition) is 7. The average Bonchev–Trinajstić information content (AvgIpc) is 3.90. The molecule has 4 aromatic rings. The first kappa shape index (κ1) is 29.0. The number of alkyl halides is 1. The highest BCUT2D eigenvalue weighted by Crippen LogP contribution is 2.53. The van der Waals surface area contributed by atoms with Crippen molar-refractivity contribution in [2.45, 2.75) is 69.4 Å². The molecule has 11 heteroatoms. The van der Waals surface area contributed by atoms with E-state index in [1.165, 1.54) is 32.0 Å². The summed E-state index contributed by atoms with van der Waals surface area (Å²) in [6.07, 6.45) is 1.77. The molecule has 8 nitrogen and oxygen atoms in total. The maximum atomic E-state index is 16.0. The van der Waals surface area contributed by atoms with Crippen LogP contribution < -0.4 is 10.1 Å². The van der Waals surface area contributed by atoms with Crippen molar-refractivity contribution in [3.05, 3.63) is 82.7 Å². The van der Waals surface area contributed by atoms with Crippen LogP contribution in [0.3, 0.4) is 0 Å². The van der Waals surface area contributed by atoms with Crippen LogP contribution in [0.1, 0.15) is 66.8 Å². The molecule has 0 unspecified atom stereocenters. The molecule has 2 aliphatic rings. The van der Waals surface area contributed by atoms with E-state index in [4.69, 9.17) is 4.74 Å². The summed E-state index contributed by atoms with van der Waals surface area (Å²) >= 11 is 0. The van der Waals surface area contributed by atoms with Crippen LogP contribution in [0.15, 0.2) is 48.5 Å². The second kappa shape index (κ2) is 10.3. The zero-order valence-electron chi connectivity index (χ0n) is 23.9. The van der Waals surface area contributed by atoms with Gasteiger partial charge in [0.05, 0.1) is 29.6 Å². The van der Waals surface area contributed by atoms with Crippen molar-refractivity contribution < 1.29 is 32.9 Å².